The van der Waals surface area contributed by atoms with E-state index in [0.717, 1.165) is 0 Å². The van der Waals surface area contributed by atoms with Crippen LogP contribution in [0.5, 0.6) is 0 Å². The molecule has 0 radical (unpaired) electrons. The van der Waals surface area contributed by atoms with E-state index in [1.54, 1.807) is 35.1 Å². The summed E-state index contributed by atoms with van der Waals surface area (Å²) < 4.78 is 13.3. The van der Waals surface area contributed by atoms with Gasteiger partial charge in [-0.25, -0.2) is 0 Å². The van der Waals surface area contributed by atoms with Crippen molar-refractivity contribution in [2.75, 3.05) is 6.26 Å². The lowest BCUT2D eigenvalue weighted by molar-refractivity contribution is 0.0969. The lowest BCUT2D eigenvalue weighted by atomic mass is 10.1. The molecule has 0 amide bonds. The Bertz CT molecular complexity index is 546. The van der Waals surface area contributed by atoms with Gasteiger partial charge in [-0.2, -0.15) is 0 Å². The molecule has 1 heterocycles. The van der Waals surface area contributed by atoms with Gasteiger partial charge in [0, 0.05) is 29.1 Å². The van der Waals surface area contributed by atoms with Crippen LogP contribution in [0.25, 0.3) is 0 Å². The van der Waals surface area contributed by atoms with Crippen molar-refractivity contribution in [1.29, 1.82) is 0 Å². The number of aromatic nitrogens is 1. The fourth-order valence-electron chi connectivity index (χ4n) is 1.67. The predicted octanol–water partition coefficient (Wildman–Crippen LogP) is 2.11. The van der Waals surface area contributed by atoms with Crippen molar-refractivity contribution in [3.8, 4) is 0 Å². The lowest BCUT2D eigenvalue weighted by Gasteiger charge is -2.06. The average Bonchev–Trinajstić information content (AvgIpc) is 2.81. The fraction of sp³-hybridized carbons (Fsp3) is 0.154. The monoisotopic (exact) mass is 247 g/mol. The topological polar surface area (TPSA) is 39.1 Å². The van der Waals surface area contributed by atoms with Crippen LogP contribution in [0, 0.1) is 0 Å². The summed E-state index contributed by atoms with van der Waals surface area (Å²) in [6.07, 6.45) is 5.26. The molecule has 4 heteroatoms. The van der Waals surface area contributed by atoms with E-state index in [4.69, 9.17) is 0 Å². The van der Waals surface area contributed by atoms with Gasteiger partial charge >= 0.3 is 0 Å². The van der Waals surface area contributed by atoms with Gasteiger partial charge in [-0.15, -0.1) is 0 Å². The SMILES string of the molecule is CS(=O)c1ccccc1C(=O)Cn1cccc1. The van der Waals surface area contributed by atoms with Gasteiger partial charge in [-0.05, 0) is 18.2 Å². The van der Waals surface area contributed by atoms with Crippen LogP contribution in [0.2, 0.25) is 0 Å². The number of nitrogens with zero attached hydrogens (tertiary/aromatic N) is 1. The quantitative estimate of drug-likeness (QED) is 0.776. The van der Waals surface area contributed by atoms with Crippen LogP contribution < -0.4 is 0 Å². The Morgan fingerprint density at radius 1 is 1.18 bits per heavy atom. The predicted molar refractivity (Wildman–Crippen MR) is 67.5 cm³/mol. The van der Waals surface area contributed by atoms with Gasteiger partial charge in [0.25, 0.3) is 0 Å². The van der Waals surface area contributed by atoms with Crippen LogP contribution >= 0.6 is 0 Å². The maximum atomic E-state index is 12.1. The lowest BCUT2D eigenvalue weighted by Crippen LogP contribution is -2.11. The number of ketones is 1. The van der Waals surface area contributed by atoms with E-state index in [2.05, 4.69) is 0 Å². The van der Waals surface area contributed by atoms with E-state index in [1.807, 2.05) is 24.5 Å². The van der Waals surface area contributed by atoms with Crippen LogP contribution in [-0.2, 0) is 17.3 Å². The summed E-state index contributed by atoms with van der Waals surface area (Å²) in [4.78, 5) is 12.7. The molecule has 3 nitrogen and oxygen atoms in total. The number of benzene rings is 1. The van der Waals surface area contributed by atoms with Crippen molar-refractivity contribution in [3.05, 3.63) is 54.4 Å². The molecular weight excluding hydrogens is 234 g/mol. The highest BCUT2D eigenvalue weighted by atomic mass is 32.2. The number of rotatable bonds is 4. The Balaban J connectivity index is 2.28. The number of carbonyl (C=O) groups excluding carboxylic acids is 1. The Morgan fingerprint density at radius 3 is 2.47 bits per heavy atom. The number of hydrogen-bond donors (Lipinski definition) is 0. The van der Waals surface area contributed by atoms with E-state index in [9.17, 15) is 9.00 Å². The Kier molecular flexibility index (Phi) is 3.54. The molecule has 0 saturated carbocycles. The maximum Gasteiger partial charge on any atom is 0.183 e. The summed E-state index contributed by atoms with van der Waals surface area (Å²) in [7, 11) is -1.14. The summed E-state index contributed by atoms with van der Waals surface area (Å²) in [6, 6.07) is 10.8. The summed E-state index contributed by atoms with van der Waals surface area (Å²) in [5, 5.41) is 0. The number of carbonyl (C=O) groups is 1. The molecule has 0 saturated heterocycles. The molecule has 1 aromatic carbocycles. The van der Waals surface area contributed by atoms with Crippen LogP contribution in [-0.4, -0.2) is 20.8 Å². The van der Waals surface area contributed by atoms with Gasteiger partial charge < -0.3 is 4.57 Å². The van der Waals surface area contributed by atoms with E-state index >= 15 is 0 Å². The first kappa shape index (κ1) is 11.8. The second-order valence-corrected chi connectivity index (χ2v) is 5.08. The molecule has 2 aromatic rings. The van der Waals surface area contributed by atoms with E-state index in [1.165, 1.54) is 0 Å². The standard InChI is InChI=1S/C13H13NO2S/c1-17(16)13-7-3-2-6-11(13)12(15)10-14-8-4-5-9-14/h2-9H,10H2,1H3. The van der Waals surface area contributed by atoms with Crippen molar-refractivity contribution in [3.63, 3.8) is 0 Å². The Hall–Kier alpha value is -1.68. The molecule has 0 aliphatic heterocycles. The minimum atomic E-state index is -1.14. The van der Waals surface area contributed by atoms with Gasteiger partial charge in [0.2, 0.25) is 0 Å². The van der Waals surface area contributed by atoms with E-state index in [0.29, 0.717) is 10.5 Å². The summed E-state index contributed by atoms with van der Waals surface area (Å²) in [6.45, 7) is 0.279. The molecular formula is C13H13NO2S. The normalized spacial score (nSPS) is 12.3. The first-order chi connectivity index (χ1) is 8.18. The second kappa shape index (κ2) is 5.10. The molecule has 88 valence electrons. The zero-order valence-corrected chi connectivity index (χ0v) is 10.3. The molecule has 0 spiro atoms. The molecule has 1 aromatic heterocycles. The first-order valence-electron chi connectivity index (χ1n) is 5.25. The minimum Gasteiger partial charge on any atom is -0.347 e. The van der Waals surface area contributed by atoms with Crippen LogP contribution in [0.15, 0.2) is 53.7 Å². The van der Waals surface area contributed by atoms with E-state index in [-0.39, 0.29) is 12.3 Å². The summed E-state index contributed by atoms with van der Waals surface area (Å²) >= 11 is 0. The molecule has 0 bridgehead atoms. The van der Waals surface area contributed by atoms with E-state index < -0.39 is 10.8 Å². The second-order valence-electron chi connectivity index (χ2n) is 3.73. The first-order valence-corrected chi connectivity index (χ1v) is 6.80. The molecule has 1 atom stereocenters. The summed E-state index contributed by atoms with van der Waals surface area (Å²) in [5.41, 5.74) is 0.544. The zero-order valence-electron chi connectivity index (χ0n) is 9.50. The largest absolute Gasteiger partial charge is 0.347 e. The minimum absolute atomic E-state index is 0.0213. The van der Waals surface area contributed by atoms with Crippen molar-refractivity contribution >= 4 is 16.6 Å². The van der Waals surface area contributed by atoms with Crippen molar-refractivity contribution in [1.82, 2.24) is 4.57 Å². The van der Waals surface area contributed by atoms with Gasteiger partial charge in [0.1, 0.15) is 0 Å². The third-order valence-electron chi connectivity index (χ3n) is 2.49. The van der Waals surface area contributed by atoms with Crippen molar-refractivity contribution in [2.24, 2.45) is 0 Å². The van der Waals surface area contributed by atoms with Crippen molar-refractivity contribution < 1.29 is 9.00 Å². The molecule has 2 rings (SSSR count). The van der Waals surface area contributed by atoms with Crippen molar-refractivity contribution in [2.45, 2.75) is 11.4 Å². The van der Waals surface area contributed by atoms with Gasteiger partial charge in [-0.3, -0.25) is 9.00 Å². The third kappa shape index (κ3) is 2.71. The smallest absolute Gasteiger partial charge is 0.183 e. The number of hydrogen-bond acceptors (Lipinski definition) is 2. The fourth-order valence-corrected chi connectivity index (χ4v) is 2.44. The highest BCUT2D eigenvalue weighted by Gasteiger charge is 2.13. The molecule has 0 aliphatic carbocycles. The van der Waals surface area contributed by atoms with Gasteiger partial charge in [0.05, 0.1) is 17.3 Å². The Morgan fingerprint density at radius 2 is 1.82 bits per heavy atom. The van der Waals surface area contributed by atoms with Gasteiger partial charge in [0.15, 0.2) is 5.78 Å². The Labute approximate surface area is 103 Å². The van der Waals surface area contributed by atoms with Gasteiger partial charge in [-0.1, -0.05) is 18.2 Å². The summed E-state index contributed by atoms with van der Waals surface area (Å²) in [5.74, 6) is -0.0213. The molecule has 0 fully saturated rings. The van der Waals surface area contributed by atoms with Crippen LogP contribution in [0.4, 0.5) is 0 Å². The highest BCUT2D eigenvalue weighted by Crippen LogP contribution is 2.14. The zero-order chi connectivity index (χ0) is 12.3. The molecule has 0 aliphatic rings. The molecule has 17 heavy (non-hydrogen) atoms. The number of Topliss-reactive ketones (excluding diaryl/α,β-unsaturated/α-hetero) is 1. The van der Waals surface area contributed by atoms with Crippen LogP contribution in [0.1, 0.15) is 10.4 Å². The molecule has 0 N–H and O–H groups in total. The maximum absolute atomic E-state index is 12.1. The highest BCUT2D eigenvalue weighted by molar-refractivity contribution is 7.84. The molecule has 1 unspecified atom stereocenters. The third-order valence-corrected chi connectivity index (χ3v) is 3.46. The average molecular weight is 247 g/mol. The van der Waals surface area contributed by atoms with Crippen LogP contribution in [0.3, 0.4) is 0 Å².